The first-order valence-electron chi connectivity index (χ1n) is 10.4. The molecular formula is C20H19N9O2S. The molecule has 1 aliphatic heterocycles. The molecular weight excluding hydrogens is 430 g/mol. The number of amides is 1. The summed E-state index contributed by atoms with van der Waals surface area (Å²) in [4.78, 5) is 18.9. The van der Waals surface area contributed by atoms with E-state index in [9.17, 15) is 4.79 Å². The van der Waals surface area contributed by atoms with Gasteiger partial charge in [0.2, 0.25) is 22.8 Å². The van der Waals surface area contributed by atoms with Crippen LogP contribution >= 0.6 is 11.5 Å². The van der Waals surface area contributed by atoms with Crippen molar-refractivity contribution in [3.63, 3.8) is 0 Å². The van der Waals surface area contributed by atoms with E-state index in [-0.39, 0.29) is 30.2 Å². The van der Waals surface area contributed by atoms with Gasteiger partial charge in [-0.25, -0.2) is 0 Å². The standard InChI is InChI=1S/C20H19N9O2S/c30-17(29-6-5-14-15(10-29)24-28-23-14)9-16-25-26-18(31-16)19-22-20(27-32-19)21-13-7-11-3-1-2-4-12(11)8-13/h1-4,13H,5-10H2,(H,21,27)(H,23,24,28). The maximum absolute atomic E-state index is 12.6. The number of hydrogen-bond acceptors (Lipinski definition) is 10. The van der Waals surface area contributed by atoms with Gasteiger partial charge in [0.25, 0.3) is 5.89 Å². The smallest absolute Gasteiger partial charge is 0.278 e. The zero-order valence-electron chi connectivity index (χ0n) is 17.0. The second-order valence-electron chi connectivity index (χ2n) is 7.92. The van der Waals surface area contributed by atoms with E-state index in [1.54, 1.807) is 4.90 Å². The van der Waals surface area contributed by atoms with Gasteiger partial charge in [-0.05, 0) is 35.5 Å². The van der Waals surface area contributed by atoms with Gasteiger partial charge >= 0.3 is 0 Å². The van der Waals surface area contributed by atoms with Crippen LogP contribution in [0.3, 0.4) is 0 Å². The number of hydrogen-bond donors (Lipinski definition) is 2. The molecule has 11 nitrogen and oxygen atoms in total. The van der Waals surface area contributed by atoms with Crippen LogP contribution in [0.5, 0.6) is 0 Å². The van der Waals surface area contributed by atoms with E-state index in [4.69, 9.17) is 4.42 Å². The zero-order valence-corrected chi connectivity index (χ0v) is 17.8. The number of benzene rings is 1. The van der Waals surface area contributed by atoms with Crippen molar-refractivity contribution in [2.45, 2.75) is 38.3 Å². The number of H-pyrrole nitrogens is 1. The van der Waals surface area contributed by atoms with E-state index >= 15 is 0 Å². The Balaban J connectivity index is 1.08. The molecule has 0 saturated heterocycles. The summed E-state index contributed by atoms with van der Waals surface area (Å²) < 4.78 is 10.1. The SMILES string of the molecule is O=C(Cc1nnc(-c2nc(NC3Cc4ccccc4C3)ns2)o1)N1CCc2[nH]nnc2C1. The van der Waals surface area contributed by atoms with E-state index in [1.807, 2.05) is 0 Å². The summed E-state index contributed by atoms with van der Waals surface area (Å²) in [6.45, 7) is 1.04. The summed E-state index contributed by atoms with van der Waals surface area (Å²) in [5.41, 5.74) is 4.51. The van der Waals surface area contributed by atoms with E-state index in [0.717, 1.165) is 24.2 Å². The molecule has 4 heterocycles. The molecule has 1 amide bonds. The maximum Gasteiger partial charge on any atom is 0.278 e. The monoisotopic (exact) mass is 449 g/mol. The Morgan fingerprint density at radius 1 is 1.22 bits per heavy atom. The van der Waals surface area contributed by atoms with Crippen molar-refractivity contribution in [3.05, 3.63) is 52.7 Å². The highest BCUT2D eigenvalue weighted by Gasteiger charge is 2.26. The Morgan fingerprint density at radius 3 is 2.91 bits per heavy atom. The lowest BCUT2D eigenvalue weighted by Gasteiger charge is -2.25. The third-order valence-electron chi connectivity index (χ3n) is 5.79. The third kappa shape index (κ3) is 3.62. The first-order valence-corrected chi connectivity index (χ1v) is 11.1. The molecule has 2 aliphatic rings. The second-order valence-corrected chi connectivity index (χ2v) is 8.67. The van der Waals surface area contributed by atoms with Crippen molar-refractivity contribution in [1.29, 1.82) is 0 Å². The van der Waals surface area contributed by atoms with E-state index in [2.05, 4.69) is 64.5 Å². The third-order valence-corrected chi connectivity index (χ3v) is 6.49. The predicted octanol–water partition coefficient (Wildman–Crippen LogP) is 1.41. The first kappa shape index (κ1) is 19.0. The molecule has 6 rings (SSSR count). The maximum atomic E-state index is 12.6. The Bertz CT molecular complexity index is 1250. The Kier molecular flexibility index (Phi) is 4.63. The highest BCUT2D eigenvalue weighted by molar-refractivity contribution is 7.09. The molecule has 162 valence electrons. The van der Waals surface area contributed by atoms with Gasteiger partial charge in [-0.3, -0.25) is 9.89 Å². The average molecular weight is 450 g/mol. The Hall–Kier alpha value is -3.67. The lowest BCUT2D eigenvalue weighted by molar-refractivity contribution is -0.131. The van der Waals surface area contributed by atoms with Gasteiger partial charge in [0.1, 0.15) is 12.1 Å². The number of carbonyl (C=O) groups is 1. The Labute approximate surface area is 186 Å². The van der Waals surface area contributed by atoms with Gasteiger partial charge in [0.05, 0.1) is 12.2 Å². The topological polar surface area (TPSA) is 139 Å². The lowest BCUT2D eigenvalue weighted by atomic mass is 10.1. The van der Waals surface area contributed by atoms with Crippen LogP contribution in [0.4, 0.5) is 5.95 Å². The average Bonchev–Trinajstić information content (AvgIpc) is 3.59. The quantitative estimate of drug-likeness (QED) is 0.463. The van der Waals surface area contributed by atoms with Crippen LogP contribution in [0.25, 0.3) is 10.9 Å². The molecule has 3 aromatic heterocycles. The van der Waals surface area contributed by atoms with Crippen molar-refractivity contribution in [3.8, 4) is 10.9 Å². The Morgan fingerprint density at radius 2 is 2.06 bits per heavy atom. The fourth-order valence-electron chi connectivity index (χ4n) is 4.18. The minimum atomic E-state index is -0.0886. The van der Waals surface area contributed by atoms with Gasteiger partial charge < -0.3 is 14.6 Å². The highest BCUT2D eigenvalue weighted by atomic mass is 32.1. The minimum absolute atomic E-state index is 0.0322. The number of nitrogens with one attached hydrogen (secondary N) is 2. The van der Waals surface area contributed by atoms with Crippen LogP contribution in [0.15, 0.2) is 28.7 Å². The van der Waals surface area contributed by atoms with E-state index < -0.39 is 0 Å². The predicted molar refractivity (Wildman–Crippen MR) is 114 cm³/mol. The van der Waals surface area contributed by atoms with Gasteiger partial charge in [0.15, 0.2) is 0 Å². The molecule has 0 unspecified atom stereocenters. The van der Waals surface area contributed by atoms with Crippen LogP contribution in [0, 0.1) is 0 Å². The van der Waals surface area contributed by atoms with Gasteiger partial charge in [0, 0.05) is 19.0 Å². The zero-order chi connectivity index (χ0) is 21.5. The number of rotatable bonds is 5. The van der Waals surface area contributed by atoms with Crippen LogP contribution in [0.1, 0.15) is 28.4 Å². The van der Waals surface area contributed by atoms with Crippen molar-refractivity contribution in [1.82, 2.24) is 39.9 Å². The van der Waals surface area contributed by atoms with Crippen LogP contribution in [-0.4, -0.2) is 58.4 Å². The fourth-order valence-corrected chi connectivity index (χ4v) is 4.74. The number of aromatic nitrogens is 7. The number of aromatic amines is 1. The number of anilines is 1. The van der Waals surface area contributed by atoms with Crippen molar-refractivity contribution >= 4 is 23.4 Å². The molecule has 0 bridgehead atoms. The lowest BCUT2D eigenvalue weighted by Crippen LogP contribution is -2.37. The fraction of sp³-hybridized carbons (Fsp3) is 0.350. The van der Waals surface area contributed by atoms with Gasteiger partial charge in [-0.2, -0.15) is 9.36 Å². The molecule has 2 N–H and O–H groups in total. The van der Waals surface area contributed by atoms with Gasteiger partial charge in [-0.15, -0.1) is 15.3 Å². The summed E-state index contributed by atoms with van der Waals surface area (Å²) in [6.07, 6.45) is 2.63. The van der Waals surface area contributed by atoms with Crippen molar-refractivity contribution in [2.24, 2.45) is 0 Å². The normalized spacial score (nSPS) is 15.6. The first-order chi connectivity index (χ1) is 15.7. The molecule has 0 atom stereocenters. The molecule has 1 aromatic carbocycles. The van der Waals surface area contributed by atoms with Crippen LogP contribution < -0.4 is 5.32 Å². The van der Waals surface area contributed by atoms with E-state index in [1.165, 1.54) is 22.7 Å². The number of nitrogens with zero attached hydrogens (tertiary/aromatic N) is 7. The molecule has 32 heavy (non-hydrogen) atoms. The molecule has 0 radical (unpaired) electrons. The summed E-state index contributed by atoms with van der Waals surface area (Å²) in [6, 6.07) is 8.71. The molecule has 12 heteroatoms. The largest absolute Gasteiger partial charge is 0.418 e. The van der Waals surface area contributed by atoms with Gasteiger partial charge in [-0.1, -0.05) is 29.5 Å². The van der Waals surface area contributed by atoms with E-state index in [0.29, 0.717) is 30.5 Å². The molecule has 1 aliphatic carbocycles. The number of carbonyl (C=O) groups excluding carboxylic acids is 1. The summed E-state index contributed by atoms with van der Waals surface area (Å²) in [5.74, 6) is 0.988. The summed E-state index contributed by atoms with van der Waals surface area (Å²) in [7, 11) is 0. The molecule has 0 fully saturated rings. The highest BCUT2D eigenvalue weighted by Crippen LogP contribution is 2.26. The van der Waals surface area contributed by atoms with Crippen molar-refractivity contribution in [2.75, 3.05) is 11.9 Å². The van der Waals surface area contributed by atoms with Crippen molar-refractivity contribution < 1.29 is 9.21 Å². The minimum Gasteiger partial charge on any atom is -0.418 e. The van der Waals surface area contributed by atoms with Crippen LogP contribution in [-0.2, 0) is 37.0 Å². The molecule has 4 aromatic rings. The molecule has 0 saturated carbocycles. The molecule has 0 spiro atoms. The number of fused-ring (bicyclic) bond motifs is 2. The second kappa shape index (κ2) is 7.79. The summed E-state index contributed by atoms with van der Waals surface area (Å²) in [5, 5.41) is 22.7. The van der Waals surface area contributed by atoms with Crippen LogP contribution in [0.2, 0.25) is 0 Å². The summed E-state index contributed by atoms with van der Waals surface area (Å²) >= 11 is 1.19.